The van der Waals surface area contributed by atoms with Gasteiger partial charge >= 0.3 is 0 Å². The Morgan fingerprint density at radius 1 is 1.14 bits per heavy atom. The molecule has 0 aliphatic heterocycles. The molecule has 0 fully saturated rings. The first-order valence-corrected chi connectivity index (χ1v) is 10.3. The highest BCUT2D eigenvalue weighted by Crippen LogP contribution is 2.29. The van der Waals surface area contributed by atoms with Crippen molar-refractivity contribution in [1.29, 1.82) is 0 Å². The quantitative estimate of drug-likeness (QED) is 0.603. The molecule has 0 unspecified atom stereocenters. The molecule has 146 valence electrons. The second kappa shape index (κ2) is 8.37. The van der Waals surface area contributed by atoms with Gasteiger partial charge in [0.25, 0.3) is 0 Å². The minimum atomic E-state index is -0.268. The highest BCUT2D eigenvalue weighted by Gasteiger charge is 2.19. The summed E-state index contributed by atoms with van der Waals surface area (Å²) in [5.74, 6) is 0.937. The number of hydrogen-bond donors (Lipinski definition) is 1. The normalized spacial score (nSPS) is 11.5. The van der Waals surface area contributed by atoms with Crippen LogP contribution >= 0.6 is 23.4 Å². The Labute approximate surface area is 174 Å². The summed E-state index contributed by atoms with van der Waals surface area (Å²) >= 11 is 7.39. The molecule has 0 atom stereocenters. The number of halogens is 1. The van der Waals surface area contributed by atoms with Crippen LogP contribution < -0.4 is 5.32 Å². The number of amides is 1. The predicted molar refractivity (Wildman–Crippen MR) is 115 cm³/mol. The Balaban J connectivity index is 1.96. The molecule has 7 heteroatoms. The second-order valence-electron chi connectivity index (χ2n) is 7.57. The largest absolute Gasteiger partial charge is 0.351 e. The van der Waals surface area contributed by atoms with Crippen molar-refractivity contribution in [3.8, 4) is 17.1 Å². The summed E-state index contributed by atoms with van der Waals surface area (Å²) in [4.78, 5) is 12.2. The number of hydrogen-bond acceptors (Lipinski definition) is 4. The van der Waals surface area contributed by atoms with Crippen LogP contribution in [-0.2, 0) is 4.79 Å². The molecule has 1 aromatic heterocycles. The van der Waals surface area contributed by atoms with Crippen LogP contribution in [0.15, 0.2) is 53.7 Å². The molecule has 0 aliphatic rings. The molecule has 5 nitrogen and oxygen atoms in total. The number of benzene rings is 2. The zero-order valence-corrected chi connectivity index (χ0v) is 17.9. The van der Waals surface area contributed by atoms with Crippen LogP contribution in [0.1, 0.15) is 26.3 Å². The van der Waals surface area contributed by atoms with E-state index in [-0.39, 0.29) is 17.2 Å². The SMILES string of the molecule is Cc1cccc(-n2c(SCC(=O)NC(C)(C)C)nnc2-c2ccc(Cl)cc2)c1. The van der Waals surface area contributed by atoms with Crippen LogP contribution in [-0.4, -0.2) is 32.0 Å². The molecule has 1 amide bonds. The average Bonchev–Trinajstić information content (AvgIpc) is 3.03. The van der Waals surface area contributed by atoms with Gasteiger partial charge in [0.2, 0.25) is 5.91 Å². The number of aryl methyl sites for hydroxylation is 1. The van der Waals surface area contributed by atoms with Gasteiger partial charge in [-0.1, -0.05) is 35.5 Å². The molecular weight excluding hydrogens is 392 g/mol. The first kappa shape index (κ1) is 20.4. The summed E-state index contributed by atoms with van der Waals surface area (Å²) in [6.07, 6.45) is 0. The number of carbonyl (C=O) groups excluding carboxylic acids is 1. The number of carbonyl (C=O) groups is 1. The van der Waals surface area contributed by atoms with Gasteiger partial charge in [-0.05, 0) is 69.7 Å². The fraction of sp³-hybridized carbons (Fsp3) is 0.286. The maximum absolute atomic E-state index is 12.2. The van der Waals surface area contributed by atoms with E-state index < -0.39 is 0 Å². The van der Waals surface area contributed by atoms with Crippen molar-refractivity contribution in [2.75, 3.05) is 5.75 Å². The first-order chi connectivity index (χ1) is 13.2. The van der Waals surface area contributed by atoms with Crippen LogP contribution in [0.4, 0.5) is 0 Å². The fourth-order valence-electron chi connectivity index (χ4n) is 2.73. The van der Waals surface area contributed by atoms with Crippen LogP contribution in [0.3, 0.4) is 0 Å². The van der Waals surface area contributed by atoms with Crippen LogP contribution in [0.2, 0.25) is 5.02 Å². The molecule has 3 aromatic rings. The Hall–Kier alpha value is -2.31. The lowest BCUT2D eigenvalue weighted by molar-refractivity contribution is -0.119. The van der Waals surface area contributed by atoms with Gasteiger partial charge in [-0.2, -0.15) is 0 Å². The summed E-state index contributed by atoms with van der Waals surface area (Å²) < 4.78 is 1.98. The van der Waals surface area contributed by atoms with Crippen molar-refractivity contribution >= 4 is 29.3 Å². The molecule has 0 bridgehead atoms. The zero-order valence-electron chi connectivity index (χ0n) is 16.4. The molecule has 28 heavy (non-hydrogen) atoms. The zero-order chi connectivity index (χ0) is 20.3. The molecule has 0 spiro atoms. The first-order valence-electron chi connectivity index (χ1n) is 8.95. The number of nitrogens with one attached hydrogen (secondary N) is 1. The van der Waals surface area contributed by atoms with Gasteiger partial charge in [0.1, 0.15) is 0 Å². The smallest absolute Gasteiger partial charge is 0.230 e. The van der Waals surface area contributed by atoms with E-state index in [1.165, 1.54) is 11.8 Å². The van der Waals surface area contributed by atoms with E-state index in [4.69, 9.17) is 11.6 Å². The Morgan fingerprint density at radius 3 is 2.50 bits per heavy atom. The highest BCUT2D eigenvalue weighted by atomic mass is 35.5. The van der Waals surface area contributed by atoms with Gasteiger partial charge in [-0.3, -0.25) is 9.36 Å². The molecule has 0 radical (unpaired) electrons. The molecule has 0 saturated heterocycles. The van der Waals surface area contributed by atoms with Gasteiger partial charge in [-0.15, -0.1) is 10.2 Å². The summed E-state index contributed by atoms with van der Waals surface area (Å²) in [5, 5.41) is 13.0. The summed E-state index contributed by atoms with van der Waals surface area (Å²) in [6, 6.07) is 15.6. The Bertz CT molecular complexity index is 977. The average molecular weight is 415 g/mol. The summed E-state index contributed by atoms with van der Waals surface area (Å²) in [6.45, 7) is 7.93. The van der Waals surface area contributed by atoms with E-state index in [1.807, 2.05) is 74.7 Å². The predicted octanol–water partition coefficient (Wildman–Crippen LogP) is 4.90. The standard InChI is InChI=1S/C21H23ClN4OS/c1-14-6-5-7-17(12-14)26-19(15-8-10-16(22)11-9-15)24-25-20(26)28-13-18(27)23-21(2,3)4/h5-12H,13H2,1-4H3,(H,23,27). The second-order valence-corrected chi connectivity index (χ2v) is 8.95. The van der Waals surface area contributed by atoms with Crippen molar-refractivity contribution < 1.29 is 4.79 Å². The lowest BCUT2D eigenvalue weighted by Crippen LogP contribution is -2.41. The van der Waals surface area contributed by atoms with E-state index in [0.717, 1.165) is 16.8 Å². The van der Waals surface area contributed by atoms with Gasteiger partial charge in [0.05, 0.1) is 5.75 Å². The summed E-state index contributed by atoms with van der Waals surface area (Å²) in [7, 11) is 0. The van der Waals surface area contributed by atoms with Gasteiger partial charge in [-0.25, -0.2) is 0 Å². The molecule has 1 N–H and O–H groups in total. The maximum Gasteiger partial charge on any atom is 0.230 e. The molecule has 2 aromatic carbocycles. The molecule has 3 rings (SSSR count). The Kier molecular flexibility index (Phi) is 6.10. The van der Waals surface area contributed by atoms with Crippen LogP contribution in [0.5, 0.6) is 0 Å². The third-order valence-corrected chi connectivity index (χ3v) is 5.02. The van der Waals surface area contributed by atoms with Crippen molar-refractivity contribution in [2.24, 2.45) is 0 Å². The van der Waals surface area contributed by atoms with E-state index >= 15 is 0 Å². The molecule has 0 saturated carbocycles. The van der Waals surface area contributed by atoms with Gasteiger partial charge in [0.15, 0.2) is 11.0 Å². The third kappa shape index (κ3) is 5.14. The van der Waals surface area contributed by atoms with Crippen molar-refractivity contribution in [3.63, 3.8) is 0 Å². The molecular formula is C21H23ClN4OS. The number of rotatable bonds is 5. The van der Waals surface area contributed by atoms with Gasteiger partial charge in [0, 0.05) is 21.8 Å². The molecule has 0 aliphatic carbocycles. The van der Waals surface area contributed by atoms with E-state index in [0.29, 0.717) is 16.0 Å². The lowest BCUT2D eigenvalue weighted by Gasteiger charge is -2.20. The number of thioether (sulfide) groups is 1. The summed E-state index contributed by atoms with van der Waals surface area (Å²) in [5.41, 5.74) is 2.73. The van der Waals surface area contributed by atoms with E-state index in [2.05, 4.69) is 21.6 Å². The lowest BCUT2D eigenvalue weighted by atomic mass is 10.1. The van der Waals surface area contributed by atoms with E-state index in [1.54, 1.807) is 0 Å². The fourth-order valence-corrected chi connectivity index (χ4v) is 3.61. The minimum absolute atomic E-state index is 0.0377. The highest BCUT2D eigenvalue weighted by molar-refractivity contribution is 7.99. The number of aromatic nitrogens is 3. The number of nitrogens with zero attached hydrogens (tertiary/aromatic N) is 3. The van der Waals surface area contributed by atoms with Crippen molar-refractivity contribution in [2.45, 2.75) is 38.4 Å². The monoisotopic (exact) mass is 414 g/mol. The van der Waals surface area contributed by atoms with E-state index in [9.17, 15) is 4.79 Å². The van der Waals surface area contributed by atoms with Crippen LogP contribution in [0.25, 0.3) is 17.1 Å². The topological polar surface area (TPSA) is 59.8 Å². The Morgan fingerprint density at radius 2 is 1.86 bits per heavy atom. The third-order valence-electron chi connectivity index (χ3n) is 3.84. The molecule has 1 heterocycles. The van der Waals surface area contributed by atoms with Crippen LogP contribution in [0, 0.1) is 6.92 Å². The maximum atomic E-state index is 12.2. The van der Waals surface area contributed by atoms with Crippen molar-refractivity contribution in [3.05, 3.63) is 59.1 Å². The van der Waals surface area contributed by atoms with Crippen molar-refractivity contribution in [1.82, 2.24) is 20.1 Å². The van der Waals surface area contributed by atoms with Gasteiger partial charge < -0.3 is 5.32 Å². The minimum Gasteiger partial charge on any atom is -0.351 e.